The second-order valence-corrected chi connectivity index (χ2v) is 3.71. The lowest BCUT2D eigenvalue weighted by Crippen LogP contribution is -2.50. The number of fused-ring (bicyclic) bond motifs is 1. The molecule has 16 heavy (non-hydrogen) atoms. The molecule has 5 nitrogen and oxygen atoms in total. The highest BCUT2D eigenvalue weighted by atomic mass is 16.5. The van der Waals surface area contributed by atoms with Crippen LogP contribution in [0.3, 0.4) is 0 Å². The van der Waals surface area contributed by atoms with Gasteiger partial charge in [0.25, 0.3) is 0 Å². The number of ether oxygens (including phenoxy) is 1. The fraction of sp³-hybridized carbons (Fsp3) is 0.364. The minimum atomic E-state index is -0.344. The van der Waals surface area contributed by atoms with Gasteiger partial charge in [0.15, 0.2) is 0 Å². The SMILES string of the molecule is COc1cccc2c1N(C)C(CN)C(=O)N2. The van der Waals surface area contributed by atoms with E-state index in [9.17, 15) is 4.79 Å². The van der Waals surface area contributed by atoms with Crippen molar-refractivity contribution >= 4 is 17.3 Å². The van der Waals surface area contributed by atoms with Crippen LogP contribution in [0.15, 0.2) is 18.2 Å². The maximum atomic E-state index is 11.7. The van der Waals surface area contributed by atoms with Crippen molar-refractivity contribution in [3.63, 3.8) is 0 Å². The van der Waals surface area contributed by atoms with Crippen LogP contribution in [0.4, 0.5) is 11.4 Å². The van der Waals surface area contributed by atoms with Crippen LogP contribution < -0.4 is 20.7 Å². The summed E-state index contributed by atoms with van der Waals surface area (Å²) in [4.78, 5) is 13.6. The smallest absolute Gasteiger partial charge is 0.248 e. The van der Waals surface area contributed by atoms with Crippen molar-refractivity contribution in [3.05, 3.63) is 18.2 Å². The Bertz CT molecular complexity index is 420. The molecule has 0 fully saturated rings. The van der Waals surface area contributed by atoms with E-state index in [-0.39, 0.29) is 18.5 Å². The maximum Gasteiger partial charge on any atom is 0.248 e. The Morgan fingerprint density at radius 1 is 1.56 bits per heavy atom. The molecule has 0 saturated carbocycles. The van der Waals surface area contributed by atoms with Gasteiger partial charge in [0.2, 0.25) is 5.91 Å². The van der Waals surface area contributed by atoms with Crippen LogP contribution in [0.1, 0.15) is 0 Å². The summed E-state index contributed by atoms with van der Waals surface area (Å²) < 4.78 is 5.28. The van der Waals surface area contributed by atoms with Gasteiger partial charge in [-0.3, -0.25) is 4.79 Å². The molecule has 0 bridgehead atoms. The van der Waals surface area contributed by atoms with E-state index in [0.717, 1.165) is 17.1 Å². The highest BCUT2D eigenvalue weighted by molar-refractivity contribution is 6.04. The number of anilines is 2. The summed E-state index contributed by atoms with van der Waals surface area (Å²) in [5.74, 6) is 0.657. The Hall–Kier alpha value is -1.75. The van der Waals surface area contributed by atoms with E-state index in [4.69, 9.17) is 10.5 Å². The van der Waals surface area contributed by atoms with E-state index >= 15 is 0 Å². The largest absolute Gasteiger partial charge is 0.495 e. The highest BCUT2D eigenvalue weighted by Crippen LogP contribution is 2.38. The lowest BCUT2D eigenvalue weighted by molar-refractivity contribution is -0.117. The number of nitrogens with one attached hydrogen (secondary N) is 1. The van der Waals surface area contributed by atoms with Crippen LogP contribution >= 0.6 is 0 Å². The van der Waals surface area contributed by atoms with E-state index in [1.807, 2.05) is 30.1 Å². The van der Waals surface area contributed by atoms with E-state index in [0.29, 0.717) is 0 Å². The fourth-order valence-electron chi connectivity index (χ4n) is 1.96. The van der Waals surface area contributed by atoms with Gasteiger partial charge >= 0.3 is 0 Å². The number of carbonyl (C=O) groups is 1. The van der Waals surface area contributed by atoms with Crippen molar-refractivity contribution in [1.29, 1.82) is 0 Å². The summed E-state index contributed by atoms with van der Waals surface area (Å²) in [7, 11) is 3.45. The minimum absolute atomic E-state index is 0.0780. The molecule has 86 valence electrons. The Morgan fingerprint density at radius 2 is 2.31 bits per heavy atom. The first-order valence-electron chi connectivity index (χ1n) is 5.09. The molecule has 1 aliphatic rings. The number of carbonyl (C=O) groups excluding carboxylic acids is 1. The minimum Gasteiger partial charge on any atom is -0.495 e. The standard InChI is InChI=1S/C11H15N3O2/c1-14-8(6-12)11(15)13-7-4-3-5-9(16-2)10(7)14/h3-5,8H,6,12H2,1-2H3,(H,13,15). The predicted molar refractivity (Wildman–Crippen MR) is 62.9 cm³/mol. The average molecular weight is 221 g/mol. The molecule has 0 aliphatic carbocycles. The van der Waals surface area contributed by atoms with Crippen molar-refractivity contribution in [3.8, 4) is 5.75 Å². The first-order valence-corrected chi connectivity index (χ1v) is 5.09. The molecular formula is C11H15N3O2. The van der Waals surface area contributed by atoms with Crippen LogP contribution in [0.2, 0.25) is 0 Å². The predicted octanol–water partition coefficient (Wildman–Crippen LogP) is 0.411. The van der Waals surface area contributed by atoms with Crippen molar-refractivity contribution in [2.75, 3.05) is 30.9 Å². The van der Waals surface area contributed by atoms with Crippen LogP contribution in [0.25, 0.3) is 0 Å². The summed E-state index contributed by atoms with van der Waals surface area (Å²) in [5.41, 5.74) is 7.23. The Balaban J connectivity index is 2.51. The van der Waals surface area contributed by atoms with Gasteiger partial charge in [0.1, 0.15) is 17.5 Å². The number of amides is 1. The highest BCUT2D eigenvalue weighted by Gasteiger charge is 2.31. The number of para-hydroxylation sites is 1. The first-order chi connectivity index (χ1) is 7.69. The molecule has 2 rings (SSSR count). The van der Waals surface area contributed by atoms with Gasteiger partial charge < -0.3 is 20.7 Å². The van der Waals surface area contributed by atoms with Crippen molar-refractivity contribution in [2.24, 2.45) is 5.73 Å². The summed E-state index contributed by atoms with van der Waals surface area (Å²) in [5, 5.41) is 2.83. The molecule has 1 heterocycles. The summed E-state index contributed by atoms with van der Waals surface area (Å²) in [6.45, 7) is 0.278. The van der Waals surface area contributed by atoms with Crippen molar-refractivity contribution < 1.29 is 9.53 Å². The van der Waals surface area contributed by atoms with Crippen LogP contribution in [-0.4, -0.2) is 32.7 Å². The second-order valence-electron chi connectivity index (χ2n) is 3.71. The molecule has 0 aromatic heterocycles. The summed E-state index contributed by atoms with van der Waals surface area (Å²) in [6, 6.07) is 5.21. The summed E-state index contributed by atoms with van der Waals surface area (Å²) >= 11 is 0. The number of rotatable bonds is 2. The molecule has 0 spiro atoms. The molecular weight excluding hydrogens is 206 g/mol. The third kappa shape index (κ3) is 1.49. The fourth-order valence-corrected chi connectivity index (χ4v) is 1.96. The topological polar surface area (TPSA) is 67.6 Å². The van der Waals surface area contributed by atoms with Gasteiger partial charge in [0.05, 0.1) is 12.8 Å². The molecule has 3 N–H and O–H groups in total. The van der Waals surface area contributed by atoms with Crippen LogP contribution in [0, 0.1) is 0 Å². The number of hydrogen-bond acceptors (Lipinski definition) is 4. The normalized spacial score (nSPS) is 19.1. The van der Waals surface area contributed by atoms with E-state index in [2.05, 4.69) is 5.32 Å². The van der Waals surface area contributed by atoms with Gasteiger partial charge in [-0.25, -0.2) is 0 Å². The molecule has 5 heteroatoms. The number of likely N-dealkylation sites (N-methyl/N-ethyl adjacent to an activating group) is 1. The molecule has 1 amide bonds. The quantitative estimate of drug-likeness (QED) is 0.759. The van der Waals surface area contributed by atoms with Crippen molar-refractivity contribution in [2.45, 2.75) is 6.04 Å². The van der Waals surface area contributed by atoms with Gasteiger partial charge in [-0.15, -0.1) is 0 Å². The van der Waals surface area contributed by atoms with Gasteiger partial charge in [-0.05, 0) is 12.1 Å². The number of hydrogen-bond donors (Lipinski definition) is 2. The number of nitrogens with two attached hydrogens (primary N) is 1. The lowest BCUT2D eigenvalue weighted by Gasteiger charge is -2.35. The van der Waals surface area contributed by atoms with E-state index in [1.54, 1.807) is 7.11 Å². The molecule has 1 aliphatic heterocycles. The molecule has 0 radical (unpaired) electrons. The maximum absolute atomic E-state index is 11.7. The third-order valence-electron chi connectivity index (χ3n) is 2.82. The summed E-state index contributed by atoms with van der Waals surface area (Å²) in [6.07, 6.45) is 0. The van der Waals surface area contributed by atoms with Gasteiger partial charge in [-0.2, -0.15) is 0 Å². The monoisotopic (exact) mass is 221 g/mol. The number of methoxy groups -OCH3 is 1. The Labute approximate surface area is 94.2 Å². The third-order valence-corrected chi connectivity index (χ3v) is 2.82. The Morgan fingerprint density at radius 3 is 2.94 bits per heavy atom. The zero-order valence-electron chi connectivity index (χ0n) is 9.36. The average Bonchev–Trinajstić information content (AvgIpc) is 2.28. The van der Waals surface area contributed by atoms with Crippen LogP contribution in [-0.2, 0) is 4.79 Å². The molecule has 1 aromatic rings. The first kappa shape index (κ1) is 10.8. The van der Waals surface area contributed by atoms with Crippen molar-refractivity contribution in [1.82, 2.24) is 0 Å². The number of nitrogens with zero attached hydrogens (tertiary/aromatic N) is 1. The van der Waals surface area contributed by atoms with Gasteiger partial charge in [-0.1, -0.05) is 6.07 Å². The van der Waals surface area contributed by atoms with E-state index in [1.165, 1.54) is 0 Å². The second kappa shape index (κ2) is 4.02. The zero-order chi connectivity index (χ0) is 11.7. The zero-order valence-corrected chi connectivity index (χ0v) is 9.36. The van der Waals surface area contributed by atoms with Gasteiger partial charge in [0, 0.05) is 13.6 Å². The Kier molecular flexibility index (Phi) is 2.70. The molecule has 1 aromatic carbocycles. The molecule has 1 unspecified atom stereocenters. The van der Waals surface area contributed by atoms with E-state index < -0.39 is 0 Å². The molecule has 1 atom stereocenters. The van der Waals surface area contributed by atoms with Crippen LogP contribution in [0.5, 0.6) is 5.75 Å². The number of benzene rings is 1. The molecule has 0 saturated heterocycles. The lowest BCUT2D eigenvalue weighted by atomic mass is 10.1.